The normalized spacial score (nSPS) is 19.0. The summed E-state index contributed by atoms with van der Waals surface area (Å²) in [5, 5.41) is 0. The van der Waals surface area contributed by atoms with Gasteiger partial charge < -0.3 is 14.4 Å². The van der Waals surface area contributed by atoms with Crippen LogP contribution in [0.3, 0.4) is 0 Å². The molecule has 0 N–H and O–H groups in total. The van der Waals surface area contributed by atoms with Crippen molar-refractivity contribution in [3.05, 3.63) is 48.6 Å². The average Bonchev–Trinajstić information content (AvgIpc) is 3.46. The molecule has 0 saturated carbocycles. The van der Waals surface area contributed by atoms with Gasteiger partial charge in [0.15, 0.2) is 5.79 Å². The predicted octanol–water partition coefficient (Wildman–Crippen LogP) is 13.5. The second-order valence-electron chi connectivity index (χ2n) is 14.2. The van der Waals surface area contributed by atoms with Crippen molar-refractivity contribution in [1.82, 2.24) is 4.90 Å². The van der Waals surface area contributed by atoms with Crippen molar-refractivity contribution < 1.29 is 9.47 Å². The van der Waals surface area contributed by atoms with Crippen LogP contribution in [0.25, 0.3) is 0 Å². The van der Waals surface area contributed by atoms with Gasteiger partial charge in [-0.2, -0.15) is 0 Å². The van der Waals surface area contributed by atoms with Gasteiger partial charge in [0.2, 0.25) is 0 Å². The molecule has 1 fully saturated rings. The number of hydrogen-bond acceptors (Lipinski definition) is 3. The molecule has 1 rings (SSSR count). The Kier molecular flexibility index (Phi) is 30.2. The molecule has 46 heavy (non-hydrogen) atoms. The Balaban J connectivity index is 2.16. The van der Waals surface area contributed by atoms with E-state index in [1.54, 1.807) is 0 Å². The summed E-state index contributed by atoms with van der Waals surface area (Å²) in [6.07, 6.45) is 53.3. The molecule has 3 heteroatoms. The summed E-state index contributed by atoms with van der Waals surface area (Å²) in [5.41, 5.74) is 0. The van der Waals surface area contributed by atoms with Crippen LogP contribution in [0, 0.1) is 0 Å². The van der Waals surface area contributed by atoms with Gasteiger partial charge in [0, 0.05) is 19.4 Å². The monoisotopic (exact) mass is 642 g/mol. The maximum atomic E-state index is 6.67. The standard InChI is InChI=1S/C43H79NO2/c1-5-7-9-11-13-15-17-19-21-23-25-27-29-31-33-35-38-43(45-41-42(46-43)37-40-44(3)4)39-36-34-32-30-28-26-24-22-20-18-16-14-12-10-8-6-2/h13-16,19-22,42H,5-12,17-18,23-41H2,1-4H3. The van der Waals surface area contributed by atoms with Crippen LogP contribution >= 0.6 is 0 Å². The molecule has 0 radical (unpaired) electrons. The number of allylic oxidation sites excluding steroid dienone is 8. The Morgan fingerprint density at radius 1 is 0.522 bits per heavy atom. The van der Waals surface area contributed by atoms with Crippen LogP contribution in [0.4, 0.5) is 0 Å². The molecule has 268 valence electrons. The minimum Gasteiger partial charge on any atom is -0.347 e. The Hall–Kier alpha value is -1.16. The molecule has 0 aromatic heterocycles. The second kappa shape index (κ2) is 32.4. The van der Waals surface area contributed by atoms with Crippen molar-refractivity contribution in [3.63, 3.8) is 0 Å². The lowest BCUT2D eigenvalue weighted by atomic mass is 9.98. The summed E-state index contributed by atoms with van der Waals surface area (Å²) < 4.78 is 13.1. The number of rotatable bonds is 33. The van der Waals surface area contributed by atoms with E-state index in [4.69, 9.17) is 9.47 Å². The largest absolute Gasteiger partial charge is 0.347 e. The summed E-state index contributed by atoms with van der Waals surface area (Å²) in [5.74, 6) is -0.318. The van der Waals surface area contributed by atoms with Crippen LogP contribution in [0.5, 0.6) is 0 Å². The SMILES string of the molecule is CCCCCC=CCC=CCCCCCCCCC1(CCCCCCCCC=CCC=CCCCCC)OCC(CCN(C)C)O1. The summed E-state index contributed by atoms with van der Waals surface area (Å²) >= 11 is 0. The van der Waals surface area contributed by atoms with E-state index in [1.165, 1.54) is 141 Å². The van der Waals surface area contributed by atoms with Gasteiger partial charge >= 0.3 is 0 Å². The highest BCUT2D eigenvalue weighted by atomic mass is 16.7. The fraction of sp³-hybridized carbons (Fsp3) is 0.814. The maximum Gasteiger partial charge on any atom is 0.168 e. The van der Waals surface area contributed by atoms with Crippen LogP contribution in [0.2, 0.25) is 0 Å². The third-order valence-corrected chi connectivity index (χ3v) is 9.33. The molecule has 1 atom stereocenters. The van der Waals surface area contributed by atoms with E-state index < -0.39 is 0 Å². The molecule has 1 saturated heterocycles. The topological polar surface area (TPSA) is 21.7 Å². The minimum absolute atomic E-state index is 0.261. The number of unbranched alkanes of at least 4 members (excludes halogenated alkanes) is 18. The highest BCUT2D eigenvalue weighted by Crippen LogP contribution is 2.35. The summed E-state index contributed by atoms with van der Waals surface area (Å²) in [6.45, 7) is 6.38. The van der Waals surface area contributed by atoms with E-state index in [2.05, 4.69) is 81.5 Å². The smallest absolute Gasteiger partial charge is 0.168 e. The zero-order chi connectivity index (χ0) is 33.2. The summed E-state index contributed by atoms with van der Waals surface area (Å²) in [7, 11) is 4.30. The molecule has 1 unspecified atom stereocenters. The number of hydrogen-bond donors (Lipinski definition) is 0. The lowest BCUT2D eigenvalue weighted by Gasteiger charge is -2.29. The Morgan fingerprint density at radius 3 is 1.33 bits per heavy atom. The van der Waals surface area contributed by atoms with Crippen molar-refractivity contribution in [1.29, 1.82) is 0 Å². The first-order valence-electron chi connectivity index (χ1n) is 20.2. The first-order chi connectivity index (χ1) is 22.6. The van der Waals surface area contributed by atoms with Crippen LogP contribution in [0.1, 0.15) is 187 Å². The minimum atomic E-state index is -0.318. The molecular weight excluding hydrogens is 562 g/mol. The number of nitrogens with zero attached hydrogens (tertiary/aromatic N) is 1. The van der Waals surface area contributed by atoms with Gasteiger partial charge in [-0.15, -0.1) is 0 Å². The maximum absolute atomic E-state index is 6.67. The molecule has 0 aromatic rings. The molecular formula is C43H79NO2. The van der Waals surface area contributed by atoms with E-state index in [0.29, 0.717) is 0 Å². The van der Waals surface area contributed by atoms with Crippen LogP contribution in [-0.2, 0) is 9.47 Å². The second-order valence-corrected chi connectivity index (χ2v) is 14.2. The molecule has 1 aliphatic heterocycles. The van der Waals surface area contributed by atoms with Gasteiger partial charge in [0.25, 0.3) is 0 Å². The van der Waals surface area contributed by atoms with E-state index >= 15 is 0 Å². The van der Waals surface area contributed by atoms with E-state index in [0.717, 1.165) is 45.3 Å². The fourth-order valence-electron chi connectivity index (χ4n) is 6.31. The third kappa shape index (κ3) is 26.9. The van der Waals surface area contributed by atoms with Crippen LogP contribution in [-0.4, -0.2) is 44.0 Å². The molecule has 0 bridgehead atoms. The van der Waals surface area contributed by atoms with Crippen LogP contribution in [0.15, 0.2) is 48.6 Å². The summed E-state index contributed by atoms with van der Waals surface area (Å²) in [4.78, 5) is 2.26. The van der Waals surface area contributed by atoms with Crippen molar-refractivity contribution >= 4 is 0 Å². The lowest BCUT2D eigenvalue weighted by Crippen LogP contribution is -2.31. The molecule has 0 amide bonds. The van der Waals surface area contributed by atoms with Crippen LogP contribution < -0.4 is 0 Å². The third-order valence-electron chi connectivity index (χ3n) is 9.33. The zero-order valence-electron chi connectivity index (χ0n) is 31.5. The van der Waals surface area contributed by atoms with Gasteiger partial charge in [-0.3, -0.25) is 0 Å². The average molecular weight is 642 g/mol. The Bertz CT molecular complexity index is 704. The molecule has 0 aliphatic carbocycles. The molecule has 1 heterocycles. The molecule has 3 nitrogen and oxygen atoms in total. The highest BCUT2D eigenvalue weighted by Gasteiger charge is 2.40. The molecule has 0 spiro atoms. The Labute approximate surface area is 288 Å². The van der Waals surface area contributed by atoms with Crippen molar-refractivity contribution in [2.75, 3.05) is 27.2 Å². The van der Waals surface area contributed by atoms with E-state index in [1.807, 2.05) is 0 Å². The summed E-state index contributed by atoms with van der Waals surface area (Å²) in [6, 6.07) is 0. The first-order valence-corrected chi connectivity index (χ1v) is 20.2. The van der Waals surface area contributed by atoms with Gasteiger partial charge in [-0.05, 0) is 97.6 Å². The lowest BCUT2D eigenvalue weighted by molar-refractivity contribution is -0.180. The fourth-order valence-corrected chi connectivity index (χ4v) is 6.31. The van der Waals surface area contributed by atoms with E-state index in [-0.39, 0.29) is 11.9 Å². The highest BCUT2D eigenvalue weighted by molar-refractivity contribution is 4.93. The van der Waals surface area contributed by atoms with Crippen molar-refractivity contribution in [2.45, 2.75) is 199 Å². The predicted molar refractivity (Wildman–Crippen MR) is 205 cm³/mol. The first kappa shape index (κ1) is 42.9. The van der Waals surface area contributed by atoms with Gasteiger partial charge in [0.05, 0.1) is 12.7 Å². The van der Waals surface area contributed by atoms with Crippen molar-refractivity contribution in [3.8, 4) is 0 Å². The Morgan fingerprint density at radius 2 is 0.913 bits per heavy atom. The quantitative estimate of drug-likeness (QED) is 0.0526. The zero-order valence-corrected chi connectivity index (χ0v) is 31.5. The van der Waals surface area contributed by atoms with Gasteiger partial charge in [0.1, 0.15) is 0 Å². The van der Waals surface area contributed by atoms with Crippen molar-refractivity contribution in [2.24, 2.45) is 0 Å². The van der Waals surface area contributed by atoms with Gasteiger partial charge in [-0.25, -0.2) is 0 Å². The van der Waals surface area contributed by atoms with E-state index in [9.17, 15) is 0 Å². The molecule has 1 aliphatic rings. The van der Waals surface area contributed by atoms with Gasteiger partial charge in [-0.1, -0.05) is 140 Å². The number of ether oxygens (including phenoxy) is 2. The molecule has 0 aromatic carbocycles.